The van der Waals surface area contributed by atoms with Crippen LogP contribution in [-0.4, -0.2) is 54.6 Å². The maximum atomic E-state index is 6.08. The summed E-state index contributed by atoms with van der Waals surface area (Å²) in [7, 11) is 1.51. The molecule has 0 bridgehead atoms. The van der Waals surface area contributed by atoms with E-state index in [2.05, 4.69) is 25.5 Å². The molecule has 1 aliphatic rings. The molecular formula is C15H17ClN6O2. The Balaban J connectivity index is 1.76. The molecule has 8 nitrogen and oxygen atoms in total. The van der Waals surface area contributed by atoms with Crippen LogP contribution >= 0.6 is 11.6 Å². The van der Waals surface area contributed by atoms with Gasteiger partial charge in [0.05, 0.1) is 26.5 Å². The van der Waals surface area contributed by atoms with Crippen molar-refractivity contribution in [3.05, 3.63) is 34.9 Å². The monoisotopic (exact) mass is 348 g/mol. The highest BCUT2D eigenvalue weighted by Crippen LogP contribution is 2.16. The first-order chi connectivity index (χ1) is 11.8. The average Bonchev–Trinajstić information content (AvgIpc) is 2.64. The van der Waals surface area contributed by atoms with Crippen LogP contribution in [0.15, 0.2) is 29.4 Å². The molecule has 0 spiro atoms. The van der Waals surface area contributed by atoms with Crippen molar-refractivity contribution in [2.75, 3.05) is 43.7 Å². The van der Waals surface area contributed by atoms with Crippen molar-refractivity contribution in [3.63, 3.8) is 0 Å². The first kappa shape index (κ1) is 16.4. The molecule has 0 atom stereocenters. The van der Waals surface area contributed by atoms with Crippen molar-refractivity contribution in [1.82, 2.24) is 15.0 Å². The van der Waals surface area contributed by atoms with Crippen molar-refractivity contribution in [2.24, 2.45) is 5.10 Å². The second-order valence-corrected chi connectivity index (χ2v) is 5.34. The zero-order valence-corrected chi connectivity index (χ0v) is 13.9. The maximum absolute atomic E-state index is 6.08. The summed E-state index contributed by atoms with van der Waals surface area (Å²) in [6.07, 6.45) is 1.60. The summed E-state index contributed by atoms with van der Waals surface area (Å²) >= 11 is 6.08. The molecule has 1 N–H and O–H groups in total. The van der Waals surface area contributed by atoms with E-state index in [0.717, 1.165) is 18.7 Å². The van der Waals surface area contributed by atoms with Crippen molar-refractivity contribution in [1.29, 1.82) is 0 Å². The third kappa shape index (κ3) is 4.09. The van der Waals surface area contributed by atoms with Crippen molar-refractivity contribution in [3.8, 4) is 6.01 Å². The van der Waals surface area contributed by atoms with Gasteiger partial charge in [-0.2, -0.15) is 20.1 Å². The molecule has 0 saturated carbocycles. The average molecular weight is 349 g/mol. The van der Waals surface area contributed by atoms with Crippen molar-refractivity contribution < 1.29 is 9.47 Å². The fraction of sp³-hybridized carbons (Fsp3) is 0.333. The lowest BCUT2D eigenvalue weighted by Crippen LogP contribution is -2.37. The first-order valence-electron chi connectivity index (χ1n) is 7.42. The zero-order valence-electron chi connectivity index (χ0n) is 13.1. The van der Waals surface area contributed by atoms with E-state index < -0.39 is 0 Å². The second kappa shape index (κ2) is 7.89. The molecule has 0 unspecified atom stereocenters. The smallest absolute Gasteiger partial charge is 0.322 e. The number of aromatic nitrogens is 3. The topological polar surface area (TPSA) is 84.8 Å². The summed E-state index contributed by atoms with van der Waals surface area (Å²) in [5, 5.41) is 4.74. The Kier molecular flexibility index (Phi) is 5.39. The number of hydrogen-bond acceptors (Lipinski definition) is 8. The van der Waals surface area contributed by atoms with Gasteiger partial charge < -0.3 is 14.4 Å². The number of nitrogens with zero attached hydrogens (tertiary/aromatic N) is 5. The van der Waals surface area contributed by atoms with E-state index >= 15 is 0 Å². The minimum Gasteiger partial charge on any atom is -0.467 e. The van der Waals surface area contributed by atoms with Gasteiger partial charge in [0.15, 0.2) is 0 Å². The Hall–Kier alpha value is -2.45. The number of hydrazone groups is 1. The molecule has 126 valence electrons. The first-order valence-corrected chi connectivity index (χ1v) is 7.80. The van der Waals surface area contributed by atoms with Gasteiger partial charge >= 0.3 is 6.01 Å². The Labute approximate surface area is 144 Å². The van der Waals surface area contributed by atoms with Gasteiger partial charge in [0.2, 0.25) is 5.95 Å². The van der Waals surface area contributed by atoms with E-state index in [1.165, 1.54) is 7.11 Å². The molecule has 1 aromatic heterocycles. The van der Waals surface area contributed by atoms with Gasteiger partial charge in [-0.25, -0.2) is 5.43 Å². The summed E-state index contributed by atoms with van der Waals surface area (Å²) in [5.41, 5.74) is 3.58. The maximum Gasteiger partial charge on any atom is 0.322 e. The molecule has 1 aromatic carbocycles. The Morgan fingerprint density at radius 3 is 2.79 bits per heavy atom. The van der Waals surface area contributed by atoms with E-state index in [1.807, 2.05) is 23.1 Å². The molecule has 0 amide bonds. The van der Waals surface area contributed by atoms with Crippen LogP contribution < -0.4 is 15.1 Å². The lowest BCUT2D eigenvalue weighted by molar-refractivity contribution is 0.122. The highest BCUT2D eigenvalue weighted by molar-refractivity contribution is 6.33. The van der Waals surface area contributed by atoms with Gasteiger partial charge in [-0.3, -0.25) is 0 Å². The molecule has 1 aliphatic heterocycles. The fourth-order valence-corrected chi connectivity index (χ4v) is 2.32. The molecule has 3 rings (SSSR count). The van der Waals surface area contributed by atoms with Gasteiger partial charge in [-0.1, -0.05) is 29.8 Å². The van der Waals surface area contributed by atoms with Crippen molar-refractivity contribution in [2.45, 2.75) is 0 Å². The molecule has 24 heavy (non-hydrogen) atoms. The normalized spacial score (nSPS) is 14.8. The summed E-state index contributed by atoms with van der Waals surface area (Å²) < 4.78 is 10.5. The molecule has 2 aromatic rings. The van der Waals surface area contributed by atoms with E-state index in [1.54, 1.807) is 12.3 Å². The number of rotatable bonds is 5. The van der Waals surface area contributed by atoms with Gasteiger partial charge in [-0.05, 0) is 6.07 Å². The predicted octanol–water partition coefficient (Wildman–Crippen LogP) is 1.82. The SMILES string of the molecule is COc1nc(NN=Cc2ccccc2Cl)nc(N2CCOCC2)n1. The number of ether oxygens (including phenoxy) is 2. The van der Waals surface area contributed by atoms with E-state index in [4.69, 9.17) is 21.1 Å². The molecule has 2 heterocycles. The van der Waals surface area contributed by atoms with Crippen LogP contribution in [0.2, 0.25) is 5.02 Å². The van der Waals surface area contributed by atoms with Crippen LogP contribution in [-0.2, 0) is 4.74 Å². The molecular weight excluding hydrogens is 332 g/mol. The second-order valence-electron chi connectivity index (χ2n) is 4.94. The summed E-state index contributed by atoms with van der Waals surface area (Å²) in [5.74, 6) is 0.826. The van der Waals surface area contributed by atoms with Crippen LogP contribution in [0.25, 0.3) is 0 Å². The van der Waals surface area contributed by atoms with Gasteiger partial charge in [0.1, 0.15) is 0 Å². The van der Waals surface area contributed by atoms with Crippen LogP contribution in [0.5, 0.6) is 6.01 Å². The minimum absolute atomic E-state index is 0.224. The van der Waals surface area contributed by atoms with Gasteiger partial charge in [0.25, 0.3) is 5.95 Å². The number of halogens is 1. The van der Waals surface area contributed by atoms with E-state index in [9.17, 15) is 0 Å². The molecule has 9 heteroatoms. The van der Waals surface area contributed by atoms with Crippen LogP contribution in [0, 0.1) is 0 Å². The molecule has 0 radical (unpaired) electrons. The Morgan fingerprint density at radius 2 is 2.04 bits per heavy atom. The van der Waals surface area contributed by atoms with Gasteiger partial charge in [0, 0.05) is 23.7 Å². The molecule has 0 aliphatic carbocycles. The van der Waals surface area contributed by atoms with E-state index in [-0.39, 0.29) is 6.01 Å². The van der Waals surface area contributed by atoms with Crippen LogP contribution in [0.3, 0.4) is 0 Å². The Bertz CT molecular complexity index is 721. The standard InChI is InChI=1S/C15H17ClN6O2/c1-23-15-19-13(18-14(20-15)22-6-8-24-9-7-22)21-17-10-11-4-2-3-5-12(11)16/h2-5,10H,6-9H2,1H3,(H,18,19,20,21). The Morgan fingerprint density at radius 1 is 1.25 bits per heavy atom. The number of anilines is 2. The number of hydrogen-bond donors (Lipinski definition) is 1. The van der Waals surface area contributed by atoms with Crippen LogP contribution in [0.1, 0.15) is 5.56 Å². The highest BCUT2D eigenvalue weighted by Gasteiger charge is 2.16. The third-order valence-corrected chi connectivity index (χ3v) is 3.70. The predicted molar refractivity (Wildman–Crippen MR) is 92.1 cm³/mol. The quantitative estimate of drug-likeness (QED) is 0.651. The highest BCUT2D eigenvalue weighted by atomic mass is 35.5. The van der Waals surface area contributed by atoms with Gasteiger partial charge in [-0.15, -0.1) is 0 Å². The summed E-state index contributed by atoms with van der Waals surface area (Å²) in [4.78, 5) is 14.8. The number of morpholine rings is 1. The lowest BCUT2D eigenvalue weighted by atomic mass is 10.2. The third-order valence-electron chi connectivity index (χ3n) is 3.35. The number of benzene rings is 1. The van der Waals surface area contributed by atoms with Crippen LogP contribution in [0.4, 0.5) is 11.9 Å². The summed E-state index contributed by atoms with van der Waals surface area (Å²) in [6, 6.07) is 7.63. The van der Waals surface area contributed by atoms with E-state index in [0.29, 0.717) is 30.1 Å². The fourth-order valence-electron chi connectivity index (χ4n) is 2.13. The zero-order chi connectivity index (χ0) is 16.8. The summed E-state index contributed by atoms with van der Waals surface area (Å²) in [6.45, 7) is 2.72. The molecule has 1 saturated heterocycles. The molecule has 1 fully saturated rings. The number of methoxy groups -OCH3 is 1. The number of nitrogens with one attached hydrogen (secondary N) is 1. The minimum atomic E-state index is 0.224. The van der Waals surface area contributed by atoms with Crippen molar-refractivity contribution >= 4 is 29.7 Å². The lowest BCUT2D eigenvalue weighted by Gasteiger charge is -2.26. The largest absolute Gasteiger partial charge is 0.467 e.